The standard InChI is InChI=1S/C14H8/c1-2-10-6-5-9-13-11-7-3-4-8-12(11)14(10)13/h1-5,7-9H. The van der Waals surface area contributed by atoms with Gasteiger partial charge in [-0.25, -0.2) is 0 Å². The van der Waals surface area contributed by atoms with Gasteiger partial charge in [-0.15, -0.1) is 0 Å². The third-order valence-electron chi connectivity index (χ3n) is 2.68. The van der Waals surface area contributed by atoms with Crippen LogP contribution < -0.4 is 0 Å². The van der Waals surface area contributed by atoms with Crippen LogP contribution in [0.25, 0.3) is 28.3 Å². The van der Waals surface area contributed by atoms with Crippen molar-refractivity contribution in [2.24, 2.45) is 0 Å². The molecule has 0 amide bonds. The first-order valence-electron chi connectivity index (χ1n) is 4.61. The maximum absolute atomic E-state index is 5.55. The van der Waals surface area contributed by atoms with E-state index in [4.69, 9.17) is 6.58 Å². The molecule has 2 radical (unpaired) electrons. The van der Waals surface area contributed by atoms with Crippen molar-refractivity contribution in [1.29, 1.82) is 0 Å². The zero-order valence-electron chi connectivity index (χ0n) is 7.62. The topological polar surface area (TPSA) is 0 Å². The normalized spacial score (nSPS) is 11.1. The van der Waals surface area contributed by atoms with E-state index < -0.39 is 0 Å². The van der Waals surface area contributed by atoms with Gasteiger partial charge in [-0.1, -0.05) is 49.1 Å². The average Bonchev–Trinajstić information content (AvgIpc) is 2.24. The highest BCUT2D eigenvalue weighted by molar-refractivity contribution is 6.05. The van der Waals surface area contributed by atoms with Gasteiger partial charge in [0.1, 0.15) is 0 Å². The summed E-state index contributed by atoms with van der Waals surface area (Å²) in [5.74, 6) is 0. The quantitative estimate of drug-likeness (QED) is 0.531. The molecule has 0 saturated carbocycles. The highest BCUT2D eigenvalue weighted by Crippen LogP contribution is 2.48. The molecule has 0 aromatic heterocycles. The van der Waals surface area contributed by atoms with Crippen LogP contribution in [0.4, 0.5) is 0 Å². The Hall–Kier alpha value is -1.82. The number of hydrogen-bond donors (Lipinski definition) is 0. The molecule has 2 aromatic carbocycles. The summed E-state index contributed by atoms with van der Waals surface area (Å²) in [7, 11) is 0. The molecule has 0 heterocycles. The molecule has 0 saturated heterocycles. The smallest absolute Gasteiger partial charge is 0.00201 e. The van der Waals surface area contributed by atoms with E-state index in [1.54, 1.807) is 6.08 Å². The monoisotopic (exact) mass is 176 g/mol. The van der Waals surface area contributed by atoms with Gasteiger partial charge in [-0.3, -0.25) is 0 Å². The Balaban J connectivity index is 2.33. The molecular weight excluding hydrogens is 168 g/mol. The number of benzene rings is 2. The average molecular weight is 176 g/mol. The maximum atomic E-state index is 5.55. The summed E-state index contributed by atoms with van der Waals surface area (Å²) >= 11 is 0. The minimum atomic E-state index is 1.00. The SMILES string of the molecule is [CH]=Cc1[c]ccc2c1-c1ccccc1-2. The van der Waals surface area contributed by atoms with E-state index in [0.29, 0.717) is 0 Å². The molecule has 0 heteroatoms. The van der Waals surface area contributed by atoms with Gasteiger partial charge in [0, 0.05) is 0 Å². The molecule has 0 aliphatic heterocycles. The van der Waals surface area contributed by atoms with Crippen LogP contribution in [0.2, 0.25) is 0 Å². The molecule has 0 atom stereocenters. The van der Waals surface area contributed by atoms with Crippen molar-refractivity contribution < 1.29 is 0 Å². The molecule has 1 aliphatic carbocycles. The molecule has 0 bridgehead atoms. The van der Waals surface area contributed by atoms with Gasteiger partial charge in [0.2, 0.25) is 0 Å². The summed E-state index contributed by atoms with van der Waals surface area (Å²) in [6.07, 6.45) is 1.62. The third kappa shape index (κ3) is 0.779. The number of hydrogen-bond acceptors (Lipinski definition) is 0. The molecule has 0 spiro atoms. The molecule has 64 valence electrons. The van der Waals surface area contributed by atoms with Gasteiger partial charge in [-0.2, -0.15) is 0 Å². The molecule has 0 nitrogen and oxygen atoms in total. The minimum Gasteiger partial charge on any atom is -0.0616 e. The molecular formula is C14H8. The maximum Gasteiger partial charge on any atom is -0.00201 e. The second-order valence-corrected chi connectivity index (χ2v) is 3.39. The lowest BCUT2D eigenvalue weighted by molar-refractivity contribution is 1.50. The van der Waals surface area contributed by atoms with E-state index in [0.717, 1.165) is 5.56 Å². The predicted molar refractivity (Wildman–Crippen MR) is 58.5 cm³/mol. The molecule has 0 fully saturated rings. The molecule has 0 N–H and O–H groups in total. The van der Waals surface area contributed by atoms with Crippen LogP contribution in [0, 0.1) is 12.6 Å². The fourth-order valence-electron chi connectivity index (χ4n) is 2.03. The minimum absolute atomic E-state index is 1.00. The highest BCUT2D eigenvalue weighted by Gasteiger charge is 2.22. The van der Waals surface area contributed by atoms with Crippen molar-refractivity contribution in [3.8, 4) is 22.3 Å². The second-order valence-electron chi connectivity index (χ2n) is 3.39. The van der Waals surface area contributed by atoms with E-state index in [1.807, 2.05) is 6.07 Å². The van der Waals surface area contributed by atoms with Crippen molar-refractivity contribution in [2.75, 3.05) is 0 Å². The van der Waals surface area contributed by atoms with Crippen LogP contribution in [0.1, 0.15) is 5.56 Å². The van der Waals surface area contributed by atoms with E-state index >= 15 is 0 Å². The summed E-state index contributed by atoms with van der Waals surface area (Å²) in [6.45, 7) is 5.55. The van der Waals surface area contributed by atoms with Gasteiger partial charge in [-0.05, 0) is 33.9 Å². The van der Waals surface area contributed by atoms with E-state index in [9.17, 15) is 0 Å². The molecule has 1 aliphatic rings. The Morgan fingerprint density at radius 2 is 1.79 bits per heavy atom. The zero-order chi connectivity index (χ0) is 9.54. The summed E-state index contributed by atoms with van der Waals surface area (Å²) in [4.78, 5) is 0. The lowest BCUT2D eigenvalue weighted by atomic mass is 9.78. The molecule has 3 rings (SSSR count). The van der Waals surface area contributed by atoms with Gasteiger partial charge in [0.15, 0.2) is 0 Å². The summed E-state index contributed by atoms with van der Waals surface area (Å²) in [5.41, 5.74) is 6.14. The zero-order valence-corrected chi connectivity index (χ0v) is 7.62. The first-order valence-corrected chi connectivity index (χ1v) is 4.61. The third-order valence-corrected chi connectivity index (χ3v) is 2.68. The van der Waals surface area contributed by atoms with E-state index in [-0.39, 0.29) is 0 Å². The lowest BCUT2D eigenvalue weighted by Gasteiger charge is -2.25. The Morgan fingerprint density at radius 1 is 1.00 bits per heavy atom. The van der Waals surface area contributed by atoms with E-state index in [2.05, 4.69) is 36.4 Å². The van der Waals surface area contributed by atoms with Crippen LogP contribution in [-0.2, 0) is 0 Å². The van der Waals surface area contributed by atoms with Gasteiger partial charge >= 0.3 is 0 Å². The Labute approximate surface area is 83.5 Å². The fraction of sp³-hybridized carbons (Fsp3) is 0. The summed E-state index contributed by atoms with van der Waals surface area (Å²) in [5, 5.41) is 0. The number of rotatable bonds is 1. The van der Waals surface area contributed by atoms with Crippen LogP contribution in [0.5, 0.6) is 0 Å². The van der Waals surface area contributed by atoms with Crippen molar-refractivity contribution in [3.05, 3.63) is 54.6 Å². The largest absolute Gasteiger partial charge is 0.0616 e. The van der Waals surface area contributed by atoms with Gasteiger partial charge in [0.05, 0.1) is 0 Å². The summed E-state index contributed by atoms with van der Waals surface area (Å²) < 4.78 is 0. The first-order chi connectivity index (χ1) is 6.92. The van der Waals surface area contributed by atoms with Crippen LogP contribution >= 0.6 is 0 Å². The van der Waals surface area contributed by atoms with Gasteiger partial charge in [0.25, 0.3) is 0 Å². The van der Waals surface area contributed by atoms with Crippen LogP contribution in [0.15, 0.2) is 36.4 Å². The molecule has 14 heavy (non-hydrogen) atoms. The summed E-state index contributed by atoms with van der Waals surface area (Å²) in [6, 6.07) is 15.5. The van der Waals surface area contributed by atoms with Crippen molar-refractivity contribution in [3.63, 3.8) is 0 Å². The molecule has 2 aromatic rings. The fourth-order valence-corrected chi connectivity index (χ4v) is 2.03. The lowest BCUT2D eigenvalue weighted by Crippen LogP contribution is -2.00. The Morgan fingerprint density at radius 3 is 2.57 bits per heavy atom. The second kappa shape index (κ2) is 2.58. The number of fused-ring (bicyclic) bond motifs is 4. The van der Waals surface area contributed by atoms with Gasteiger partial charge < -0.3 is 0 Å². The Kier molecular flexibility index (Phi) is 1.40. The van der Waals surface area contributed by atoms with Crippen molar-refractivity contribution in [1.82, 2.24) is 0 Å². The van der Waals surface area contributed by atoms with Crippen LogP contribution in [0.3, 0.4) is 0 Å². The first kappa shape index (κ1) is 7.57. The molecule has 0 unspecified atom stereocenters. The van der Waals surface area contributed by atoms with Crippen LogP contribution in [-0.4, -0.2) is 0 Å². The highest BCUT2D eigenvalue weighted by atomic mass is 14.3. The Bertz CT molecular complexity index is 521. The van der Waals surface area contributed by atoms with E-state index in [1.165, 1.54) is 22.3 Å². The van der Waals surface area contributed by atoms with Crippen molar-refractivity contribution in [2.45, 2.75) is 0 Å². The van der Waals surface area contributed by atoms with Crippen molar-refractivity contribution >= 4 is 6.08 Å². The predicted octanol–water partition coefficient (Wildman–Crippen LogP) is 3.58.